The third-order valence-electron chi connectivity index (χ3n) is 6.97. The Morgan fingerprint density at radius 2 is 2.06 bits per heavy atom. The third kappa shape index (κ3) is 5.24. The van der Waals surface area contributed by atoms with Crippen LogP contribution < -0.4 is 10.9 Å². The maximum atomic E-state index is 13.1. The molecule has 0 aromatic carbocycles. The van der Waals surface area contributed by atoms with E-state index in [0.717, 1.165) is 12.0 Å². The number of hydrogen-bond donors (Lipinski definition) is 2. The van der Waals surface area contributed by atoms with Crippen molar-refractivity contribution in [1.29, 1.82) is 5.26 Å². The van der Waals surface area contributed by atoms with Gasteiger partial charge in [-0.2, -0.15) is 10.2 Å². The van der Waals surface area contributed by atoms with E-state index < -0.39 is 27.2 Å². The van der Waals surface area contributed by atoms with Crippen LogP contribution in [0.5, 0.6) is 0 Å². The van der Waals surface area contributed by atoms with Gasteiger partial charge >= 0.3 is 0 Å². The molecule has 10 nitrogen and oxygen atoms in total. The highest BCUT2D eigenvalue weighted by Crippen LogP contribution is 2.39. The fraction of sp³-hybridized carbons (Fsp3) is 0.583. The van der Waals surface area contributed by atoms with Crippen molar-refractivity contribution in [2.24, 2.45) is 0 Å². The first-order valence-electron chi connectivity index (χ1n) is 11.9. The number of nitrogens with one attached hydrogen (secondary N) is 1. The summed E-state index contributed by atoms with van der Waals surface area (Å²) in [5.41, 5.74) is -0.205. The summed E-state index contributed by atoms with van der Waals surface area (Å²) in [6.07, 6.45) is 6.45. The molecule has 2 atom stereocenters. The Balaban J connectivity index is 1.57. The van der Waals surface area contributed by atoms with Gasteiger partial charge in [0.15, 0.2) is 0 Å². The second-order valence-electron chi connectivity index (χ2n) is 9.96. The highest BCUT2D eigenvalue weighted by molar-refractivity contribution is 7.89. The monoisotopic (exact) mass is 500 g/mol. The normalized spacial score (nSPS) is 23.8. The Morgan fingerprint density at radius 1 is 1.34 bits per heavy atom. The summed E-state index contributed by atoms with van der Waals surface area (Å²) in [6.45, 7) is 6.28. The van der Waals surface area contributed by atoms with Crippen LogP contribution in [0.15, 0.2) is 28.7 Å². The largest absolute Gasteiger partial charge is 0.388 e. The summed E-state index contributed by atoms with van der Waals surface area (Å²) in [4.78, 5) is 22.1. The van der Waals surface area contributed by atoms with Crippen LogP contribution >= 0.6 is 0 Å². The van der Waals surface area contributed by atoms with Crippen molar-refractivity contribution < 1.29 is 13.5 Å². The van der Waals surface area contributed by atoms with Crippen LogP contribution in [0.3, 0.4) is 0 Å². The van der Waals surface area contributed by atoms with Gasteiger partial charge in [0, 0.05) is 30.7 Å². The number of aliphatic hydroxyl groups is 1. The number of pyridine rings is 1. The zero-order valence-electron chi connectivity index (χ0n) is 20.4. The molecule has 11 heteroatoms. The van der Waals surface area contributed by atoms with E-state index in [1.807, 2.05) is 19.9 Å². The maximum Gasteiger partial charge on any atom is 0.270 e. The minimum atomic E-state index is -3.33. The van der Waals surface area contributed by atoms with E-state index in [9.17, 15) is 23.6 Å². The molecule has 1 saturated heterocycles. The lowest BCUT2D eigenvalue weighted by molar-refractivity contribution is 0.0266. The number of hydrogen-bond acceptors (Lipinski definition) is 8. The smallest absolute Gasteiger partial charge is 0.270 e. The average molecular weight is 501 g/mol. The molecule has 2 fully saturated rings. The number of anilines is 1. The lowest BCUT2D eigenvalue weighted by Crippen LogP contribution is -2.43. The molecule has 0 radical (unpaired) electrons. The quantitative estimate of drug-likeness (QED) is 0.576. The van der Waals surface area contributed by atoms with Crippen LogP contribution in [-0.4, -0.2) is 62.8 Å². The number of sulfonamides is 1. The van der Waals surface area contributed by atoms with Crippen molar-refractivity contribution in [3.05, 3.63) is 39.8 Å². The summed E-state index contributed by atoms with van der Waals surface area (Å²) in [5.74, 6) is 0.341. The first-order chi connectivity index (χ1) is 16.5. The molecule has 2 aromatic rings. The minimum absolute atomic E-state index is 0.00815. The predicted molar refractivity (Wildman–Crippen MR) is 133 cm³/mol. The number of aromatic nitrogens is 3. The Hall–Kier alpha value is -2.81. The SMILES string of the molecule is CC(C)=CCS(=O)(=O)N1CCC(Nc2ncc3cc(C#N)c(=O)n([C@@H]4CCC[C@@]4(C)O)c3n2)CC1. The van der Waals surface area contributed by atoms with Gasteiger partial charge in [0.2, 0.25) is 16.0 Å². The highest BCUT2D eigenvalue weighted by atomic mass is 32.2. The number of rotatable bonds is 6. The summed E-state index contributed by atoms with van der Waals surface area (Å²) in [5, 5.41) is 24.2. The van der Waals surface area contributed by atoms with Gasteiger partial charge in [-0.05, 0) is 58.9 Å². The molecule has 3 heterocycles. The van der Waals surface area contributed by atoms with Crippen LogP contribution in [0, 0.1) is 11.3 Å². The Bertz CT molecular complexity index is 1350. The average Bonchev–Trinajstić information content (AvgIpc) is 3.16. The van der Waals surface area contributed by atoms with Crippen LogP contribution in [-0.2, 0) is 10.0 Å². The zero-order valence-corrected chi connectivity index (χ0v) is 21.2. The molecular formula is C24H32N6O4S. The number of nitriles is 1. The van der Waals surface area contributed by atoms with E-state index in [4.69, 9.17) is 0 Å². The van der Waals surface area contributed by atoms with Crippen molar-refractivity contribution in [1.82, 2.24) is 18.8 Å². The molecule has 35 heavy (non-hydrogen) atoms. The minimum Gasteiger partial charge on any atom is -0.388 e. The molecule has 0 amide bonds. The highest BCUT2D eigenvalue weighted by Gasteiger charge is 2.40. The van der Waals surface area contributed by atoms with E-state index in [2.05, 4.69) is 15.3 Å². The van der Waals surface area contributed by atoms with Gasteiger partial charge in [-0.3, -0.25) is 9.36 Å². The second kappa shape index (κ2) is 9.68. The van der Waals surface area contributed by atoms with Gasteiger partial charge < -0.3 is 10.4 Å². The van der Waals surface area contributed by atoms with E-state index >= 15 is 0 Å². The molecule has 1 aliphatic heterocycles. The lowest BCUT2D eigenvalue weighted by Gasteiger charge is -2.31. The third-order valence-corrected chi connectivity index (χ3v) is 8.71. The molecule has 0 unspecified atom stereocenters. The number of piperidine rings is 1. The van der Waals surface area contributed by atoms with E-state index in [1.165, 1.54) is 14.9 Å². The lowest BCUT2D eigenvalue weighted by atomic mass is 9.99. The number of allylic oxidation sites excluding steroid dienone is 1. The summed E-state index contributed by atoms with van der Waals surface area (Å²) in [7, 11) is -3.33. The van der Waals surface area contributed by atoms with E-state index in [1.54, 1.807) is 19.2 Å². The zero-order chi connectivity index (χ0) is 25.4. The van der Waals surface area contributed by atoms with E-state index in [0.29, 0.717) is 55.8 Å². The second-order valence-corrected chi connectivity index (χ2v) is 12.0. The summed E-state index contributed by atoms with van der Waals surface area (Å²) < 4.78 is 28.1. The van der Waals surface area contributed by atoms with Crippen molar-refractivity contribution in [3.63, 3.8) is 0 Å². The van der Waals surface area contributed by atoms with Gasteiger partial charge in [0.1, 0.15) is 17.3 Å². The van der Waals surface area contributed by atoms with Crippen molar-refractivity contribution in [3.8, 4) is 6.07 Å². The molecule has 0 spiro atoms. The molecular weight excluding hydrogens is 468 g/mol. The Labute approximate surface area is 205 Å². The topological polar surface area (TPSA) is 141 Å². The predicted octanol–water partition coefficient (Wildman–Crippen LogP) is 2.31. The van der Waals surface area contributed by atoms with Crippen LogP contribution in [0.2, 0.25) is 0 Å². The van der Waals surface area contributed by atoms with Gasteiger partial charge in [-0.25, -0.2) is 17.7 Å². The molecule has 2 N–H and O–H groups in total. The maximum absolute atomic E-state index is 13.1. The molecule has 2 aliphatic rings. The van der Waals surface area contributed by atoms with Crippen molar-refractivity contribution >= 4 is 27.0 Å². The number of fused-ring (bicyclic) bond motifs is 1. The van der Waals surface area contributed by atoms with Crippen LogP contribution in [0.1, 0.15) is 64.5 Å². The first-order valence-corrected chi connectivity index (χ1v) is 13.6. The fourth-order valence-electron chi connectivity index (χ4n) is 4.94. The summed E-state index contributed by atoms with van der Waals surface area (Å²) in [6, 6.07) is 2.93. The van der Waals surface area contributed by atoms with Crippen molar-refractivity contribution in [2.45, 2.75) is 70.6 Å². The first kappa shape index (κ1) is 25.3. The van der Waals surface area contributed by atoms with Gasteiger partial charge in [-0.1, -0.05) is 11.6 Å². The Morgan fingerprint density at radius 3 is 2.66 bits per heavy atom. The molecule has 0 bridgehead atoms. The molecule has 188 valence electrons. The molecule has 2 aromatic heterocycles. The van der Waals surface area contributed by atoms with Crippen LogP contribution in [0.4, 0.5) is 5.95 Å². The Kier molecular flexibility index (Phi) is 6.99. The van der Waals surface area contributed by atoms with Crippen LogP contribution in [0.25, 0.3) is 11.0 Å². The molecule has 1 aliphatic carbocycles. The van der Waals surface area contributed by atoms with Gasteiger partial charge in [0.05, 0.1) is 17.4 Å². The molecule has 1 saturated carbocycles. The van der Waals surface area contributed by atoms with E-state index in [-0.39, 0.29) is 17.4 Å². The van der Waals surface area contributed by atoms with Gasteiger partial charge in [-0.15, -0.1) is 0 Å². The molecule has 4 rings (SSSR count). The number of nitrogens with zero attached hydrogens (tertiary/aromatic N) is 5. The standard InChI is InChI=1S/C24H32N6O4S/c1-16(2)8-12-35(33,34)29-10-6-19(7-11-29)27-23-26-15-18-13-17(14-25)22(31)30(21(18)28-23)20-5-4-9-24(20,3)32/h8,13,15,19-20,32H,4-7,9-12H2,1-3H3,(H,26,27,28)/t20-,24-/m1/s1. The summed E-state index contributed by atoms with van der Waals surface area (Å²) >= 11 is 0. The van der Waals surface area contributed by atoms with Gasteiger partial charge in [0.25, 0.3) is 5.56 Å². The van der Waals surface area contributed by atoms with Crippen molar-refractivity contribution in [2.75, 3.05) is 24.2 Å². The fourth-order valence-corrected chi connectivity index (χ4v) is 6.46.